The van der Waals surface area contributed by atoms with Crippen molar-refractivity contribution in [3.63, 3.8) is 0 Å². The molecule has 1 aromatic carbocycles. The molecule has 0 unspecified atom stereocenters. The molecule has 2 heterocycles. The van der Waals surface area contributed by atoms with Gasteiger partial charge in [0, 0.05) is 11.8 Å². The van der Waals surface area contributed by atoms with Gasteiger partial charge in [-0.05, 0) is 40.2 Å². The number of rotatable bonds is 4. The summed E-state index contributed by atoms with van der Waals surface area (Å²) in [5.74, 6) is -0.00446. The van der Waals surface area contributed by atoms with E-state index in [4.69, 9.17) is 18.6 Å². The quantitative estimate of drug-likeness (QED) is 0.835. The number of carbonyl (C=O) groups is 2. The summed E-state index contributed by atoms with van der Waals surface area (Å²) in [6.45, 7) is -0.269. The summed E-state index contributed by atoms with van der Waals surface area (Å²) >= 11 is 3.07. The molecule has 2 aromatic rings. The molecule has 1 aromatic heterocycles. The van der Waals surface area contributed by atoms with Gasteiger partial charge >= 0.3 is 5.97 Å². The molecular weight excluding hydrogens is 358 g/mol. The van der Waals surface area contributed by atoms with Crippen molar-refractivity contribution in [3.8, 4) is 11.5 Å². The van der Waals surface area contributed by atoms with E-state index in [9.17, 15) is 9.59 Å². The lowest BCUT2D eigenvalue weighted by atomic mass is 10.3. The average molecular weight is 368 g/mol. The lowest BCUT2D eigenvalue weighted by Crippen LogP contribution is -2.20. The monoisotopic (exact) mass is 367 g/mol. The number of ether oxygens (including phenoxy) is 3. The van der Waals surface area contributed by atoms with Gasteiger partial charge in [0.15, 0.2) is 22.8 Å². The minimum absolute atomic E-state index is 0.0164. The molecule has 0 radical (unpaired) electrons. The molecule has 0 bridgehead atoms. The first-order chi connectivity index (χ1) is 10.6. The lowest BCUT2D eigenvalue weighted by molar-refractivity contribution is -0.119. The standard InChI is InChI=1S/C14H10BrNO6/c15-12-4-3-10(22-12)14(18)19-6-13(17)16-8-1-2-9-11(5-8)21-7-20-9/h1-5H,6-7H2,(H,16,17). The fourth-order valence-corrected chi connectivity index (χ4v) is 2.10. The third kappa shape index (κ3) is 3.22. The Morgan fingerprint density at radius 1 is 1.18 bits per heavy atom. The molecule has 0 atom stereocenters. The van der Waals surface area contributed by atoms with E-state index >= 15 is 0 Å². The first-order valence-corrected chi connectivity index (χ1v) is 7.03. The van der Waals surface area contributed by atoms with E-state index in [2.05, 4.69) is 21.2 Å². The number of fused-ring (bicyclic) bond motifs is 1. The van der Waals surface area contributed by atoms with Crippen molar-refractivity contribution in [2.75, 3.05) is 18.7 Å². The van der Waals surface area contributed by atoms with Crippen LogP contribution in [0.5, 0.6) is 11.5 Å². The fraction of sp³-hybridized carbons (Fsp3) is 0.143. The molecule has 3 rings (SSSR count). The summed E-state index contributed by atoms with van der Waals surface area (Å²) in [6.07, 6.45) is 0. The number of hydrogen-bond donors (Lipinski definition) is 1. The van der Waals surface area contributed by atoms with Gasteiger partial charge in [0.25, 0.3) is 5.91 Å². The number of nitrogens with one attached hydrogen (secondary N) is 1. The van der Waals surface area contributed by atoms with Gasteiger partial charge in [-0.25, -0.2) is 4.79 Å². The summed E-state index contributed by atoms with van der Waals surface area (Å²) in [5.41, 5.74) is 0.519. The fourth-order valence-electron chi connectivity index (χ4n) is 1.80. The van der Waals surface area contributed by atoms with Crippen molar-refractivity contribution < 1.29 is 28.2 Å². The lowest BCUT2D eigenvalue weighted by Gasteiger charge is -2.06. The largest absolute Gasteiger partial charge is 0.454 e. The molecule has 1 aliphatic rings. The predicted molar refractivity (Wildman–Crippen MR) is 77.9 cm³/mol. The van der Waals surface area contributed by atoms with E-state index in [1.54, 1.807) is 24.3 Å². The van der Waals surface area contributed by atoms with E-state index in [-0.39, 0.29) is 12.6 Å². The van der Waals surface area contributed by atoms with Crippen LogP contribution in [0.4, 0.5) is 5.69 Å². The van der Waals surface area contributed by atoms with Crippen LogP contribution in [0, 0.1) is 0 Å². The molecular formula is C14H10BrNO6. The molecule has 0 fully saturated rings. The number of amides is 1. The maximum absolute atomic E-state index is 11.8. The third-order valence-electron chi connectivity index (χ3n) is 2.77. The number of furan rings is 1. The zero-order chi connectivity index (χ0) is 15.5. The van der Waals surface area contributed by atoms with Crippen LogP contribution < -0.4 is 14.8 Å². The highest BCUT2D eigenvalue weighted by Crippen LogP contribution is 2.34. The van der Waals surface area contributed by atoms with Gasteiger partial charge in [-0.3, -0.25) is 4.79 Å². The Labute approximate surface area is 133 Å². The summed E-state index contributed by atoms with van der Waals surface area (Å²) in [6, 6.07) is 7.98. The molecule has 8 heteroatoms. The van der Waals surface area contributed by atoms with Gasteiger partial charge in [-0.1, -0.05) is 0 Å². The number of esters is 1. The van der Waals surface area contributed by atoms with Crippen molar-refractivity contribution in [3.05, 3.63) is 40.8 Å². The molecule has 114 valence electrons. The van der Waals surface area contributed by atoms with Crippen LogP contribution in [0.3, 0.4) is 0 Å². The van der Waals surface area contributed by atoms with E-state index in [0.717, 1.165) is 0 Å². The Morgan fingerprint density at radius 2 is 2.00 bits per heavy atom. The Balaban J connectivity index is 1.53. The molecule has 0 saturated carbocycles. The predicted octanol–water partition coefficient (Wildman–Crippen LogP) is 2.57. The maximum atomic E-state index is 11.8. The van der Waals surface area contributed by atoms with Crippen molar-refractivity contribution in [2.24, 2.45) is 0 Å². The van der Waals surface area contributed by atoms with Gasteiger partial charge < -0.3 is 23.9 Å². The Hall–Kier alpha value is -2.48. The zero-order valence-electron chi connectivity index (χ0n) is 11.1. The number of benzene rings is 1. The molecule has 22 heavy (non-hydrogen) atoms. The minimum atomic E-state index is -0.716. The summed E-state index contributed by atoms with van der Waals surface area (Å²) in [4.78, 5) is 23.4. The van der Waals surface area contributed by atoms with Crippen LogP contribution in [0.15, 0.2) is 39.4 Å². The third-order valence-corrected chi connectivity index (χ3v) is 3.19. The van der Waals surface area contributed by atoms with E-state index in [1.807, 2.05) is 0 Å². The van der Waals surface area contributed by atoms with Gasteiger partial charge in [-0.2, -0.15) is 0 Å². The van der Waals surface area contributed by atoms with Crippen LogP contribution in [0.2, 0.25) is 0 Å². The number of carbonyl (C=O) groups excluding carboxylic acids is 2. The molecule has 0 saturated heterocycles. The first kappa shape index (κ1) is 14.5. The second-order valence-corrected chi connectivity index (χ2v) is 5.08. The molecule has 0 spiro atoms. The molecule has 7 nitrogen and oxygen atoms in total. The molecule has 1 N–H and O–H groups in total. The summed E-state index contributed by atoms with van der Waals surface area (Å²) < 4.78 is 20.7. The van der Waals surface area contributed by atoms with Crippen LogP contribution in [-0.4, -0.2) is 25.3 Å². The smallest absolute Gasteiger partial charge is 0.374 e. The zero-order valence-corrected chi connectivity index (χ0v) is 12.7. The highest BCUT2D eigenvalue weighted by molar-refractivity contribution is 9.10. The molecule has 0 aliphatic carbocycles. The minimum Gasteiger partial charge on any atom is -0.454 e. The van der Waals surface area contributed by atoms with Crippen LogP contribution in [0.25, 0.3) is 0 Å². The topological polar surface area (TPSA) is 87.0 Å². The second-order valence-electron chi connectivity index (χ2n) is 4.30. The van der Waals surface area contributed by atoms with Gasteiger partial charge in [-0.15, -0.1) is 0 Å². The average Bonchev–Trinajstić information content (AvgIpc) is 3.13. The van der Waals surface area contributed by atoms with E-state index in [0.29, 0.717) is 21.9 Å². The second kappa shape index (κ2) is 6.10. The highest BCUT2D eigenvalue weighted by atomic mass is 79.9. The highest BCUT2D eigenvalue weighted by Gasteiger charge is 2.16. The number of anilines is 1. The number of hydrogen-bond acceptors (Lipinski definition) is 6. The van der Waals surface area contributed by atoms with E-state index < -0.39 is 18.5 Å². The Kier molecular flexibility index (Phi) is 4.01. The van der Waals surface area contributed by atoms with Crippen molar-refractivity contribution in [2.45, 2.75) is 0 Å². The SMILES string of the molecule is O=C(COC(=O)c1ccc(Br)o1)Nc1ccc2c(c1)OCO2. The summed E-state index contributed by atoms with van der Waals surface area (Å²) in [7, 11) is 0. The Bertz CT molecular complexity index is 726. The van der Waals surface area contributed by atoms with E-state index in [1.165, 1.54) is 6.07 Å². The molecule has 1 aliphatic heterocycles. The van der Waals surface area contributed by atoms with Crippen molar-refractivity contribution in [1.29, 1.82) is 0 Å². The normalized spacial score (nSPS) is 12.0. The van der Waals surface area contributed by atoms with Crippen molar-refractivity contribution in [1.82, 2.24) is 0 Å². The van der Waals surface area contributed by atoms with Gasteiger partial charge in [0.05, 0.1) is 0 Å². The van der Waals surface area contributed by atoms with Gasteiger partial charge in [0.1, 0.15) is 0 Å². The van der Waals surface area contributed by atoms with Crippen LogP contribution in [-0.2, 0) is 9.53 Å². The van der Waals surface area contributed by atoms with Crippen LogP contribution >= 0.6 is 15.9 Å². The molecule has 1 amide bonds. The van der Waals surface area contributed by atoms with Gasteiger partial charge in [0.2, 0.25) is 12.6 Å². The first-order valence-electron chi connectivity index (χ1n) is 6.24. The Morgan fingerprint density at radius 3 is 2.77 bits per heavy atom. The van der Waals surface area contributed by atoms with Crippen molar-refractivity contribution >= 4 is 33.5 Å². The number of halogens is 1. The summed E-state index contributed by atoms with van der Waals surface area (Å²) in [5, 5.41) is 2.59. The maximum Gasteiger partial charge on any atom is 0.374 e. The van der Waals surface area contributed by atoms with Crippen LogP contribution in [0.1, 0.15) is 10.6 Å².